The van der Waals surface area contributed by atoms with E-state index in [0.717, 1.165) is 12.2 Å². The summed E-state index contributed by atoms with van der Waals surface area (Å²) in [5.74, 6) is -1.69. The maximum Gasteiger partial charge on any atom is 0.335 e. The molecular formula is C19H15ClN2O4. The Kier molecular flexibility index (Phi) is 6.30. The van der Waals surface area contributed by atoms with Gasteiger partial charge in [0.15, 0.2) is 0 Å². The zero-order valence-corrected chi connectivity index (χ0v) is 14.4. The van der Waals surface area contributed by atoms with Gasteiger partial charge in [-0.25, -0.2) is 4.79 Å². The summed E-state index contributed by atoms with van der Waals surface area (Å²) in [4.78, 5) is 35.6. The van der Waals surface area contributed by atoms with E-state index in [9.17, 15) is 14.4 Å². The summed E-state index contributed by atoms with van der Waals surface area (Å²) in [6, 6.07) is 10.8. The first-order valence-electron chi connectivity index (χ1n) is 7.41. The van der Waals surface area contributed by atoms with Crippen LogP contribution < -0.4 is 15.4 Å². The van der Waals surface area contributed by atoms with Gasteiger partial charge in [0.2, 0.25) is 5.91 Å². The summed E-state index contributed by atoms with van der Waals surface area (Å²) in [5, 5.41) is 5.64. The fraction of sp³-hybridized carbons (Fsp3) is 0. The van der Waals surface area contributed by atoms with Crippen molar-refractivity contribution in [3.63, 3.8) is 0 Å². The van der Waals surface area contributed by atoms with Crippen LogP contribution in [0.15, 0.2) is 67.8 Å². The quantitative estimate of drug-likeness (QED) is 0.460. The monoisotopic (exact) mass is 370 g/mol. The van der Waals surface area contributed by atoms with E-state index in [-0.39, 0.29) is 11.3 Å². The summed E-state index contributed by atoms with van der Waals surface area (Å²) in [5.41, 5.74) is 0.843. The molecule has 0 aliphatic heterocycles. The maximum absolute atomic E-state index is 12.6. The van der Waals surface area contributed by atoms with Crippen LogP contribution in [-0.4, -0.2) is 17.8 Å². The Balaban J connectivity index is 2.36. The lowest BCUT2D eigenvalue weighted by Crippen LogP contribution is -2.16. The molecule has 26 heavy (non-hydrogen) atoms. The van der Waals surface area contributed by atoms with Crippen LogP contribution in [0, 0.1) is 0 Å². The lowest BCUT2D eigenvalue weighted by Gasteiger charge is -2.12. The van der Waals surface area contributed by atoms with Crippen LogP contribution in [0.25, 0.3) is 0 Å². The van der Waals surface area contributed by atoms with Crippen molar-refractivity contribution in [3.8, 4) is 5.75 Å². The Bertz CT molecular complexity index is 893. The normalized spacial score (nSPS) is 9.73. The molecular weight excluding hydrogens is 356 g/mol. The van der Waals surface area contributed by atoms with Gasteiger partial charge in [-0.1, -0.05) is 30.8 Å². The Morgan fingerprint density at radius 3 is 2.35 bits per heavy atom. The number of carbonyl (C=O) groups excluding carboxylic acids is 3. The predicted octanol–water partition coefficient (Wildman–Crippen LogP) is 3.81. The van der Waals surface area contributed by atoms with Crippen molar-refractivity contribution >= 4 is 40.8 Å². The first-order chi connectivity index (χ1) is 12.4. The highest BCUT2D eigenvalue weighted by atomic mass is 35.5. The molecule has 132 valence electrons. The van der Waals surface area contributed by atoms with Crippen molar-refractivity contribution in [1.29, 1.82) is 0 Å². The fourth-order valence-electron chi connectivity index (χ4n) is 1.98. The van der Waals surface area contributed by atoms with Crippen LogP contribution in [0.3, 0.4) is 0 Å². The third kappa shape index (κ3) is 5.06. The molecule has 2 aromatic rings. The molecule has 0 radical (unpaired) electrons. The molecule has 0 aliphatic carbocycles. The third-order valence-corrected chi connectivity index (χ3v) is 3.37. The van der Waals surface area contributed by atoms with Crippen LogP contribution in [-0.2, 0) is 9.59 Å². The molecule has 7 heteroatoms. The van der Waals surface area contributed by atoms with E-state index < -0.39 is 17.8 Å². The van der Waals surface area contributed by atoms with Crippen LogP contribution in [0.5, 0.6) is 5.75 Å². The van der Waals surface area contributed by atoms with Gasteiger partial charge in [-0.05, 0) is 42.5 Å². The molecule has 0 aromatic heterocycles. The second-order valence-corrected chi connectivity index (χ2v) is 5.43. The largest absolute Gasteiger partial charge is 0.423 e. The van der Waals surface area contributed by atoms with E-state index in [1.54, 1.807) is 24.3 Å². The van der Waals surface area contributed by atoms with Gasteiger partial charge >= 0.3 is 5.97 Å². The van der Waals surface area contributed by atoms with Gasteiger partial charge in [-0.3, -0.25) is 9.59 Å². The van der Waals surface area contributed by atoms with Crippen LogP contribution >= 0.6 is 11.6 Å². The Labute approximate surface area is 155 Å². The molecule has 0 bridgehead atoms. The lowest BCUT2D eigenvalue weighted by atomic mass is 10.1. The molecule has 0 aliphatic rings. The summed E-state index contributed by atoms with van der Waals surface area (Å²) < 4.78 is 5.09. The van der Waals surface area contributed by atoms with Gasteiger partial charge in [0.05, 0.1) is 5.56 Å². The van der Waals surface area contributed by atoms with E-state index in [4.69, 9.17) is 16.3 Å². The van der Waals surface area contributed by atoms with Crippen LogP contribution in [0.4, 0.5) is 11.4 Å². The van der Waals surface area contributed by atoms with Crippen LogP contribution in [0.2, 0.25) is 5.02 Å². The molecule has 0 saturated heterocycles. The summed E-state index contributed by atoms with van der Waals surface area (Å²) in [7, 11) is 0. The molecule has 6 nitrogen and oxygen atoms in total. The van der Waals surface area contributed by atoms with Gasteiger partial charge < -0.3 is 15.4 Å². The minimum Gasteiger partial charge on any atom is -0.423 e. The highest BCUT2D eigenvalue weighted by molar-refractivity contribution is 6.31. The topological polar surface area (TPSA) is 84.5 Å². The lowest BCUT2D eigenvalue weighted by molar-refractivity contribution is -0.129. The van der Waals surface area contributed by atoms with Crippen LogP contribution in [0.1, 0.15) is 10.4 Å². The number of amides is 2. The van der Waals surface area contributed by atoms with Crippen molar-refractivity contribution in [3.05, 3.63) is 78.4 Å². The minimum atomic E-state index is -0.718. The minimum absolute atomic E-state index is 0.0195. The fourth-order valence-corrected chi connectivity index (χ4v) is 2.17. The summed E-state index contributed by atoms with van der Waals surface area (Å²) in [6.45, 7) is 6.68. The molecule has 0 spiro atoms. The highest BCUT2D eigenvalue weighted by Gasteiger charge is 2.16. The molecule has 0 heterocycles. The van der Waals surface area contributed by atoms with Gasteiger partial charge in [0.1, 0.15) is 5.75 Å². The smallest absolute Gasteiger partial charge is 0.335 e. The number of hydrogen-bond acceptors (Lipinski definition) is 4. The predicted molar refractivity (Wildman–Crippen MR) is 101 cm³/mol. The first kappa shape index (κ1) is 19.0. The Morgan fingerprint density at radius 2 is 1.69 bits per heavy atom. The molecule has 2 N–H and O–H groups in total. The number of ether oxygens (including phenoxy) is 1. The van der Waals surface area contributed by atoms with Gasteiger partial charge in [-0.2, -0.15) is 0 Å². The summed E-state index contributed by atoms with van der Waals surface area (Å²) in [6.07, 6.45) is 2.07. The average Bonchev–Trinajstić information content (AvgIpc) is 2.62. The van der Waals surface area contributed by atoms with E-state index >= 15 is 0 Å². The molecule has 2 aromatic carbocycles. The van der Waals surface area contributed by atoms with Crippen molar-refractivity contribution in [1.82, 2.24) is 0 Å². The molecule has 0 atom stereocenters. The standard InChI is InChI=1S/C19H15ClN2O4/c1-3-17(23)21-14-8-9-16(26-18(24)4-2)15(11-14)19(25)22-13-7-5-6-12(20)10-13/h3-11H,1-2H2,(H,21,23)(H,22,25). The number of halogens is 1. The second kappa shape index (κ2) is 8.64. The SMILES string of the molecule is C=CC(=O)Nc1ccc(OC(=O)C=C)c(C(=O)Nc2cccc(Cl)c2)c1. The Hall–Kier alpha value is -3.38. The molecule has 2 rings (SSSR count). The van der Waals surface area contributed by atoms with E-state index in [1.165, 1.54) is 18.2 Å². The molecule has 2 amide bonds. The summed E-state index contributed by atoms with van der Waals surface area (Å²) >= 11 is 5.90. The number of benzene rings is 2. The highest BCUT2D eigenvalue weighted by Crippen LogP contribution is 2.25. The first-order valence-corrected chi connectivity index (χ1v) is 7.79. The number of hydrogen-bond donors (Lipinski definition) is 2. The second-order valence-electron chi connectivity index (χ2n) is 4.99. The number of nitrogens with one attached hydrogen (secondary N) is 2. The molecule has 0 unspecified atom stereocenters. The molecule has 0 saturated carbocycles. The van der Waals surface area contributed by atoms with Gasteiger partial charge in [0.25, 0.3) is 5.91 Å². The van der Waals surface area contributed by atoms with E-state index in [0.29, 0.717) is 16.4 Å². The van der Waals surface area contributed by atoms with E-state index in [1.807, 2.05) is 0 Å². The number of esters is 1. The third-order valence-electron chi connectivity index (χ3n) is 3.14. The average molecular weight is 371 g/mol. The maximum atomic E-state index is 12.6. The van der Waals surface area contributed by atoms with E-state index in [2.05, 4.69) is 23.8 Å². The zero-order chi connectivity index (χ0) is 19.1. The number of rotatable bonds is 6. The number of anilines is 2. The van der Waals surface area contributed by atoms with Crippen molar-refractivity contribution in [2.75, 3.05) is 10.6 Å². The van der Waals surface area contributed by atoms with Gasteiger partial charge in [0, 0.05) is 22.5 Å². The molecule has 0 fully saturated rings. The Morgan fingerprint density at radius 1 is 0.962 bits per heavy atom. The number of carbonyl (C=O) groups is 3. The van der Waals surface area contributed by atoms with Crippen molar-refractivity contribution in [2.45, 2.75) is 0 Å². The van der Waals surface area contributed by atoms with Gasteiger partial charge in [-0.15, -0.1) is 0 Å². The zero-order valence-electron chi connectivity index (χ0n) is 13.6. The van der Waals surface area contributed by atoms with Crippen molar-refractivity contribution < 1.29 is 19.1 Å². The van der Waals surface area contributed by atoms with Crippen molar-refractivity contribution in [2.24, 2.45) is 0 Å².